The van der Waals surface area contributed by atoms with E-state index in [0.717, 1.165) is 58.5 Å². The van der Waals surface area contributed by atoms with Crippen molar-refractivity contribution in [2.45, 2.75) is 44.9 Å². The van der Waals surface area contributed by atoms with Gasteiger partial charge in [0.2, 0.25) is 0 Å². The van der Waals surface area contributed by atoms with Crippen LogP contribution in [0.15, 0.2) is 109 Å². The molecule has 0 spiro atoms. The number of ether oxygens (including phenoxy) is 1. The Labute approximate surface area is 310 Å². The predicted molar refractivity (Wildman–Crippen MR) is 197 cm³/mol. The van der Waals surface area contributed by atoms with Crippen molar-refractivity contribution in [2.24, 2.45) is 0 Å². The molecule has 11 heteroatoms. The zero-order valence-electron chi connectivity index (χ0n) is 28.6. The number of allylic oxidation sites excluding steroid dienone is 1. The van der Waals surface area contributed by atoms with E-state index in [1.54, 1.807) is 24.3 Å². The highest BCUT2D eigenvalue weighted by Gasteiger charge is 2.30. The zero-order valence-corrected chi connectivity index (χ0v) is 29.3. The molecule has 0 saturated carbocycles. The van der Waals surface area contributed by atoms with Crippen LogP contribution < -0.4 is 4.74 Å². The van der Waals surface area contributed by atoms with Gasteiger partial charge in [-0.05, 0) is 102 Å². The summed E-state index contributed by atoms with van der Waals surface area (Å²) < 4.78 is 45.3. The Morgan fingerprint density at radius 2 is 1.53 bits per heavy atom. The predicted octanol–water partition coefficient (Wildman–Crippen LogP) is 9.86. The summed E-state index contributed by atoms with van der Waals surface area (Å²) in [5.74, 6) is -1.34. The average Bonchev–Trinajstić information content (AvgIpc) is 3.15. The minimum Gasteiger partial charge on any atom is -0.489 e. The molecule has 7 nitrogen and oxygen atoms in total. The number of benzene rings is 4. The van der Waals surface area contributed by atoms with E-state index in [2.05, 4.69) is 16.1 Å². The smallest absolute Gasteiger partial charge is 0.416 e. The molecule has 53 heavy (non-hydrogen) atoms. The number of aryl methyl sites for hydroxylation is 1. The van der Waals surface area contributed by atoms with Crippen LogP contribution in [0.4, 0.5) is 13.2 Å². The van der Waals surface area contributed by atoms with Gasteiger partial charge < -0.3 is 19.8 Å². The van der Waals surface area contributed by atoms with Gasteiger partial charge in [0.1, 0.15) is 18.1 Å². The molecule has 0 unspecified atom stereocenters. The van der Waals surface area contributed by atoms with E-state index < -0.39 is 23.7 Å². The fraction of sp³-hybridized carbons (Fsp3) is 0.214. The standard InChI is InChI=1S/C42H36ClF3N2O5/c43-36-24-31(28-14-16-34(17-15-28)42(44,45)46)12-13-33(36)26-53-39-7-2-1-4-29(39)21-23-48(22-20-27-8-10-30(11-9-27)40(49)50)25-32-5-3-6-37-35(32)18-19-38(47-37)41(51)52/h1-2,4,7-19,24-25H,3,5-6,20-23,26H2,(H,49,50)(H,51,52)/b32-25-. The first kappa shape index (κ1) is 37.2. The molecule has 6 rings (SSSR count). The molecule has 1 aromatic heterocycles. The molecule has 0 radical (unpaired) electrons. The molecule has 4 aromatic carbocycles. The Morgan fingerprint density at radius 3 is 2.23 bits per heavy atom. The van der Waals surface area contributed by atoms with E-state index >= 15 is 0 Å². The largest absolute Gasteiger partial charge is 0.489 e. The number of pyridine rings is 1. The molecule has 0 saturated heterocycles. The van der Waals surface area contributed by atoms with Gasteiger partial charge in [-0.15, -0.1) is 0 Å². The minimum atomic E-state index is -4.41. The number of alkyl halides is 3. The molecule has 1 aliphatic carbocycles. The summed E-state index contributed by atoms with van der Waals surface area (Å²) in [5, 5.41) is 19.2. The molecule has 0 amide bonds. The summed E-state index contributed by atoms with van der Waals surface area (Å²) in [6.07, 6.45) is 1.42. The number of carboxylic acid groups (broad SMARTS) is 2. The molecule has 2 N–H and O–H groups in total. The molecule has 272 valence electrons. The van der Waals surface area contributed by atoms with Crippen LogP contribution in [0, 0.1) is 0 Å². The Bertz CT molecular complexity index is 2130. The third-order valence-corrected chi connectivity index (χ3v) is 9.60. The number of hydrogen-bond acceptors (Lipinski definition) is 5. The van der Waals surface area contributed by atoms with Gasteiger partial charge in [0, 0.05) is 41.1 Å². The fourth-order valence-electron chi connectivity index (χ4n) is 6.33. The highest BCUT2D eigenvalue weighted by Crippen LogP contribution is 2.33. The van der Waals surface area contributed by atoms with Crippen LogP contribution >= 0.6 is 11.6 Å². The van der Waals surface area contributed by atoms with Crippen molar-refractivity contribution in [3.8, 4) is 16.9 Å². The van der Waals surface area contributed by atoms with Crippen molar-refractivity contribution in [3.05, 3.63) is 159 Å². The summed E-state index contributed by atoms with van der Waals surface area (Å²) in [6, 6.07) is 28.3. The van der Waals surface area contributed by atoms with Gasteiger partial charge in [-0.25, -0.2) is 14.6 Å². The second-order valence-corrected chi connectivity index (χ2v) is 13.2. The van der Waals surface area contributed by atoms with Gasteiger partial charge in [-0.2, -0.15) is 13.2 Å². The molecular weight excluding hydrogens is 705 g/mol. The van der Waals surface area contributed by atoms with Crippen molar-refractivity contribution >= 4 is 29.1 Å². The van der Waals surface area contributed by atoms with Crippen LogP contribution in [0.25, 0.3) is 16.7 Å². The maximum Gasteiger partial charge on any atom is 0.416 e. The number of halogens is 4. The lowest BCUT2D eigenvalue weighted by atomic mass is 9.91. The Hall–Kier alpha value is -5.61. The van der Waals surface area contributed by atoms with Crippen LogP contribution in [0.2, 0.25) is 5.02 Å². The number of carboxylic acids is 2. The number of rotatable bonds is 13. The zero-order chi connectivity index (χ0) is 37.5. The van der Waals surface area contributed by atoms with Crippen LogP contribution in [-0.2, 0) is 32.0 Å². The maximum absolute atomic E-state index is 13.0. The molecule has 1 heterocycles. The fourth-order valence-corrected chi connectivity index (χ4v) is 6.57. The summed E-state index contributed by atoms with van der Waals surface area (Å²) in [7, 11) is 0. The van der Waals surface area contributed by atoms with E-state index in [1.807, 2.05) is 48.5 Å². The highest BCUT2D eigenvalue weighted by atomic mass is 35.5. The van der Waals surface area contributed by atoms with Crippen molar-refractivity contribution in [2.75, 3.05) is 13.1 Å². The minimum absolute atomic E-state index is 0.0275. The van der Waals surface area contributed by atoms with Crippen LogP contribution in [-0.4, -0.2) is 45.1 Å². The lowest BCUT2D eigenvalue weighted by Gasteiger charge is -2.26. The summed E-state index contributed by atoms with van der Waals surface area (Å²) in [5.41, 5.74) is 6.37. The van der Waals surface area contributed by atoms with Gasteiger partial charge in [0.05, 0.1) is 11.1 Å². The summed E-state index contributed by atoms with van der Waals surface area (Å²) >= 11 is 6.62. The number of aromatic carboxylic acids is 2. The van der Waals surface area contributed by atoms with Crippen molar-refractivity contribution in [1.82, 2.24) is 9.88 Å². The molecule has 5 aromatic rings. The summed E-state index contributed by atoms with van der Waals surface area (Å²) in [6.45, 7) is 1.47. The number of para-hydroxylation sites is 1. The Morgan fingerprint density at radius 1 is 0.811 bits per heavy atom. The Kier molecular flexibility index (Phi) is 11.5. The van der Waals surface area contributed by atoms with Gasteiger partial charge in [0.15, 0.2) is 0 Å². The number of nitrogens with zero attached hydrogens (tertiary/aromatic N) is 2. The van der Waals surface area contributed by atoms with Crippen molar-refractivity contribution in [1.29, 1.82) is 0 Å². The van der Waals surface area contributed by atoms with Gasteiger partial charge >= 0.3 is 18.1 Å². The quantitative estimate of drug-likeness (QED) is 0.124. The first-order valence-corrected chi connectivity index (χ1v) is 17.5. The maximum atomic E-state index is 13.0. The highest BCUT2D eigenvalue weighted by molar-refractivity contribution is 6.31. The van der Waals surface area contributed by atoms with E-state index in [-0.39, 0.29) is 17.9 Å². The number of carbonyl (C=O) groups is 2. The van der Waals surface area contributed by atoms with Crippen molar-refractivity contribution in [3.63, 3.8) is 0 Å². The van der Waals surface area contributed by atoms with E-state index in [4.69, 9.17) is 16.3 Å². The molecule has 0 atom stereocenters. The second kappa shape index (κ2) is 16.4. The van der Waals surface area contributed by atoms with Crippen LogP contribution in [0.1, 0.15) is 67.2 Å². The molecule has 0 bridgehead atoms. The lowest BCUT2D eigenvalue weighted by molar-refractivity contribution is -0.137. The molecule has 0 aliphatic heterocycles. The van der Waals surface area contributed by atoms with Crippen LogP contribution in [0.3, 0.4) is 0 Å². The van der Waals surface area contributed by atoms with Gasteiger partial charge in [0.25, 0.3) is 0 Å². The first-order valence-electron chi connectivity index (χ1n) is 17.1. The van der Waals surface area contributed by atoms with E-state index in [0.29, 0.717) is 54.3 Å². The second-order valence-electron chi connectivity index (χ2n) is 12.8. The topological polar surface area (TPSA) is 100.0 Å². The number of aromatic nitrogens is 1. The number of hydrogen-bond donors (Lipinski definition) is 2. The molecule has 1 aliphatic rings. The molecule has 0 fully saturated rings. The number of fused-ring (bicyclic) bond motifs is 1. The van der Waals surface area contributed by atoms with E-state index in [1.165, 1.54) is 18.2 Å². The average molecular weight is 741 g/mol. The first-order chi connectivity index (χ1) is 25.4. The van der Waals surface area contributed by atoms with Gasteiger partial charge in [-0.3, -0.25) is 0 Å². The van der Waals surface area contributed by atoms with E-state index in [9.17, 15) is 33.0 Å². The lowest BCUT2D eigenvalue weighted by Crippen LogP contribution is -2.24. The van der Waals surface area contributed by atoms with Crippen molar-refractivity contribution < 1.29 is 37.7 Å². The normalized spacial score (nSPS) is 13.4. The molecular formula is C42H36ClF3N2O5. The summed E-state index contributed by atoms with van der Waals surface area (Å²) in [4.78, 5) is 29.5. The SMILES string of the molecule is O=C(O)c1ccc(CCN(/C=C2/CCCc3nc(C(=O)O)ccc32)CCc2ccccc2OCc2ccc(-c3ccc(C(F)(F)F)cc3)cc2Cl)cc1. The Balaban J connectivity index is 1.17. The monoisotopic (exact) mass is 740 g/mol. The van der Waals surface area contributed by atoms with Gasteiger partial charge in [-0.1, -0.05) is 72.3 Å². The van der Waals surface area contributed by atoms with Crippen LogP contribution in [0.5, 0.6) is 5.75 Å². The third kappa shape index (κ3) is 9.44. The third-order valence-electron chi connectivity index (χ3n) is 9.25.